The average Bonchev–Trinajstić information content (AvgIpc) is 3.27. The van der Waals surface area contributed by atoms with Crippen molar-refractivity contribution in [2.24, 2.45) is 5.92 Å². The van der Waals surface area contributed by atoms with E-state index in [4.69, 9.17) is 16.3 Å². The number of hydrogen-bond acceptors (Lipinski definition) is 6. The fourth-order valence-electron chi connectivity index (χ4n) is 3.66. The first-order valence-electron chi connectivity index (χ1n) is 8.91. The number of nitrogens with one attached hydrogen (secondary N) is 1. The molecule has 2 saturated heterocycles. The lowest BCUT2D eigenvalue weighted by Gasteiger charge is -2.45. The lowest BCUT2D eigenvalue weighted by molar-refractivity contribution is -0.122. The van der Waals surface area contributed by atoms with Gasteiger partial charge in [0, 0.05) is 38.4 Å². The zero-order valence-corrected chi connectivity index (χ0v) is 17.4. The second-order valence-electron chi connectivity index (χ2n) is 7.23. The molecule has 2 fully saturated rings. The molecule has 0 aliphatic carbocycles. The molecule has 0 radical (unpaired) electrons. The minimum Gasteiger partial charge on any atom is -0.372 e. The highest BCUT2D eigenvalue weighted by atomic mass is 35.5. The van der Waals surface area contributed by atoms with Crippen LogP contribution in [0.15, 0.2) is 40.9 Å². The smallest absolute Gasteiger partial charge is 0.252 e. The molecule has 10 heteroatoms. The molecule has 0 bridgehead atoms. The monoisotopic (exact) mass is 441 g/mol. The zero-order chi connectivity index (χ0) is 19.8. The summed E-state index contributed by atoms with van der Waals surface area (Å²) in [5.74, 6) is 0.0676. The lowest BCUT2D eigenvalue weighted by Crippen LogP contribution is -2.62. The summed E-state index contributed by atoms with van der Waals surface area (Å²) in [5.41, 5.74) is 0.528. The maximum atomic E-state index is 12.6. The number of carbonyl (C=O) groups is 1. The second kappa shape index (κ2) is 7.72. The first kappa shape index (κ1) is 19.8. The molecular formula is C18H20ClN3O4S2. The van der Waals surface area contributed by atoms with Crippen LogP contribution in [0.5, 0.6) is 0 Å². The fourth-order valence-corrected chi connectivity index (χ4v) is 6.88. The molecule has 1 amide bonds. The molecule has 4 rings (SSSR count). The van der Waals surface area contributed by atoms with E-state index in [1.165, 1.54) is 10.4 Å². The number of hydrogen-bond donors (Lipinski definition) is 1. The Hall–Kier alpha value is -1.52. The number of sulfonamides is 1. The highest BCUT2D eigenvalue weighted by Gasteiger charge is 2.53. The normalized spacial score (nSPS) is 21.5. The van der Waals surface area contributed by atoms with E-state index < -0.39 is 15.6 Å². The Morgan fingerprint density at radius 3 is 2.75 bits per heavy atom. The minimum atomic E-state index is -3.52. The Balaban J connectivity index is 1.26. The van der Waals surface area contributed by atoms with Crippen molar-refractivity contribution < 1.29 is 17.9 Å². The first-order valence-corrected chi connectivity index (χ1v) is 11.5. The standard InChI is InChI=1S/C18H20ClN3O4S2/c19-15-1-2-17(27-15)28(24,25)22-11-18(12-22)8-14(10-26-18)7-16(23)21-9-13-3-5-20-6-4-13/h1-6,14H,7-12H2,(H,21,23). The third-order valence-electron chi connectivity index (χ3n) is 5.07. The maximum Gasteiger partial charge on any atom is 0.252 e. The van der Waals surface area contributed by atoms with E-state index in [2.05, 4.69) is 10.3 Å². The van der Waals surface area contributed by atoms with Gasteiger partial charge in [0.25, 0.3) is 10.0 Å². The summed E-state index contributed by atoms with van der Waals surface area (Å²) in [6.45, 7) is 1.58. The predicted octanol–water partition coefficient (Wildman–Crippen LogP) is 2.28. The van der Waals surface area contributed by atoms with Gasteiger partial charge in [0.1, 0.15) is 4.21 Å². The number of rotatable bonds is 6. The quantitative estimate of drug-likeness (QED) is 0.742. The molecule has 4 heterocycles. The minimum absolute atomic E-state index is 0.0282. The van der Waals surface area contributed by atoms with Crippen molar-refractivity contribution in [3.05, 3.63) is 46.6 Å². The molecule has 0 saturated carbocycles. The molecule has 0 aromatic carbocycles. The van der Waals surface area contributed by atoms with Crippen molar-refractivity contribution >= 4 is 38.9 Å². The van der Waals surface area contributed by atoms with Crippen molar-refractivity contribution in [2.75, 3.05) is 19.7 Å². The van der Waals surface area contributed by atoms with Crippen molar-refractivity contribution in [2.45, 2.75) is 29.2 Å². The van der Waals surface area contributed by atoms with Gasteiger partial charge in [-0.05, 0) is 42.2 Å². The van der Waals surface area contributed by atoms with Crippen molar-refractivity contribution in [1.82, 2.24) is 14.6 Å². The van der Waals surface area contributed by atoms with Crippen LogP contribution < -0.4 is 5.32 Å². The van der Waals surface area contributed by atoms with E-state index in [0.29, 0.717) is 43.4 Å². The van der Waals surface area contributed by atoms with E-state index >= 15 is 0 Å². The van der Waals surface area contributed by atoms with Gasteiger partial charge in [-0.15, -0.1) is 11.3 Å². The molecule has 28 heavy (non-hydrogen) atoms. The predicted molar refractivity (Wildman–Crippen MR) is 106 cm³/mol. The second-order valence-corrected chi connectivity index (χ2v) is 11.1. The van der Waals surface area contributed by atoms with Gasteiger partial charge >= 0.3 is 0 Å². The number of carbonyl (C=O) groups excluding carboxylic acids is 1. The van der Waals surface area contributed by atoms with Crippen LogP contribution in [0, 0.1) is 5.92 Å². The maximum absolute atomic E-state index is 12.6. The van der Waals surface area contributed by atoms with Gasteiger partial charge in [-0.3, -0.25) is 9.78 Å². The third-order valence-corrected chi connectivity index (χ3v) is 8.56. The van der Waals surface area contributed by atoms with E-state index in [9.17, 15) is 13.2 Å². The van der Waals surface area contributed by atoms with Crippen molar-refractivity contribution in [3.63, 3.8) is 0 Å². The van der Waals surface area contributed by atoms with Crippen LogP contribution in [0.2, 0.25) is 4.34 Å². The van der Waals surface area contributed by atoms with E-state index in [1.807, 2.05) is 12.1 Å². The number of amides is 1. The highest BCUT2D eigenvalue weighted by Crippen LogP contribution is 2.42. The summed E-state index contributed by atoms with van der Waals surface area (Å²) in [6, 6.07) is 6.83. The Kier molecular flexibility index (Phi) is 5.45. The van der Waals surface area contributed by atoms with Crippen molar-refractivity contribution in [3.8, 4) is 0 Å². The Morgan fingerprint density at radius 1 is 1.32 bits per heavy atom. The molecule has 1 atom stereocenters. The summed E-state index contributed by atoms with van der Waals surface area (Å²) in [7, 11) is -3.52. The van der Waals surface area contributed by atoms with E-state index in [-0.39, 0.29) is 16.0 Å². The Labute approximate surface area is 172 Å². The van der Waals surface area contributed by atoms with Crippen LogP contribution in [0.25, 0.3) is 0 Å². The summed E-state index contributed by atoms with van der Waals surface area (Å²) < 4.78 is 33.2. The summed E-state index contributed by atoms with van der Waals surface area (Å²) in [6.07, 6.45) is 4.44. The van der Waals surface area contributed by atoms with Gasteiger partial charge in [-0.2, -0.15) is 4.31 Å². The van der Waals surface area contributed by atoms with Gasteiger partial charge in [0.2, 0.25) is 5.91 Å². The van der Waals surface area contributed by atoms with Crippen LogP contribution in [-0.4, -0.2) is 48.9 Å². The molecule has 2 aliphatic heterocycles. The third kappa shape index (κ3) is 4.08. The molecule has 1 N–H and O–H groups in total. The van der Waals surface area contributed by atoms with E-state index in [1.54, 1.807) is 18.5 Å². The number of aromatic nitrogens is 1. The lowest BCUT2D eigenvalue weighted by atomic mass is 9.87. The highest BCUT2D eigenvalue weighted by molar-refractivity contribution is 7.91. The number of ether oxygens (including phenoxy) is 1. The van der Waals surface area contributed by atoms with Gasteiger partial charge in [-0.1, -0.05) is 11.6 Å². The van der Waals surface area contributed by atoms with Gasteiger partial charge in [0.05, 0.1) is 16.5 Å². The van der Waals surface area contributed by atoms with Crippen LogP contribution in [0.3, 0.4) is 0 Å². The van der Waals surface area contributed by atoms with Crippen LogP contribution in [0.1, 0.15) is 18.4 Å². The molecular weight excluding hydrogens is 422 g/mol. The molecule has 7 nitrogen and oxygen atoms in total. The fraction of sp³-hybridized carbons (Fsp3) is 0.444. The number of thiophene rings is 1. The van der Waals surface area contributed by atoms with Crippen LogP contribution in [0.4, 0.5) is 0 Å². The summed E-state index contributed by atoms with van der Waals surface area (Å²) in [4.78, 5) is 16.2. The Bertz CT molecular complexity index is 958. The van der Waals surface area contributed by atoms with Crippen LogP contribution >= 0.6 is 22.9 Å². The molecule has 1 spiro atoms. The number of halogens is 1. The molecule has 2 aromatic heterocycles. The number of nitrogens with zero attached hydrogens (tertiary/aromatic N) is 2. The van der Waals surface area contributed by atoms with Crippen LogP contribution in [-0.2, 0) is 26.1 Å². The summed E-state index contributed by atoms with van der Waals surface area (Å²) in [5, 5.41) is 2.91. The molecule has 2 aliphatic rings. The van der Waals surface area contributed by atoms with Gasteiger partial charge in [0.15, 0.2) is 0 Å². The Morgan fingerprint density at radius 2 is 2.07 bits per heavy atom. The first-order chi connectivity index (χ1) is 13.4. The van der Waals surface area contributed by atoms with E-state index in [0.717, 1.165) is 16.9 Å². The molecule has 150 valence electrons. The topological polar surface area (TPSA) is 88.6 Å². The summed E-state index contributed by atoms with van der Waals surface area (Å²) >= 11 is 6.91. The van der Waals surface area contributed by atoms with Gasteiger partial charge in [-0.25, -0.2) is 8.42 Å². The van der Waals surface area contributed by atoms with Gasteiger partial charge < -0.3 is 10.1 Å². The largest absolute Gasteiger partial charge is 0.372 e. The zero-order valence-electron chi connectivity index (χ0n) is 15.0. The SMILES string of the molecule is O=C(CC1COC2(C1)CN(S(=O)(=O)c1ccc(Cl)s1)C2)NCc1ccncc1. The average molecular weight is 442 g/mol. The molecule has 2 aromatic rings. The number of pyridine rings is 1. The molecule has 1 unspecified atom stereocenters. The van der Waals surface area contributed by atoms with Crippen molar-refractivity contribution in [1.29, 1.82) is 0 Å².